The normalized spacial score (nSPS) is 8.23. The Hall–Kier alpha value is -1.11. The van der Waals surface area contributed by atoms with Crippen LogP contribution in [-0.4, -0.2) is 115 Å². The van der Waals surface area contributed by atoms with Crippen LogP contribution in [0.25, 0.3) is 0 Å². The summed E-state index contributed by atoms with van der Waals surface area (Å²) in [6.45, 7) is -2.25. The fourth-order valence-electron chi connectivity index (χ4n) is 1.48. The number of rotatable bonds is 11. The van der Waals surface area contributed by atoms with E-state index in [0.29, 0.717) is 0 Å². The van der Waals surface area contributed by atoms with Crippen LogP contribution in [0.2, 0.25) is 0 Å². The quantitative estimate of drug-likeness (QED) is 0.197. The summed E-state index contributed by atoms with van der Waals surface area (Å²) in [4.78, 5) is 44.4. The zero-order valence-corrected chi connectivity index (χ0v) is 19.9. The maximum atomic E-state index is 10.6. The van der Waals surface area contributed by atoms with Crippen molar-refractivity contribution < 1.29 is 100 Å². The minimum absolute atomic E-state index is 0. The minimum Gasteiger partial charge on any atom is -0.480 e. The van der Waals surface area contributed by atoms with Gasteiger partial charge in [-0.25, -0.2) is 0 Å². The van der Waals surface area contributed by atoms with Gasteiger partial charge in [-0.1, -0.05) is 0 Å². The third kappa shape index (κ3) is 27.7. The smallest absolute Gasteiger partial charge is 0.317 e. The second-order valence-corrected chi connectivity index (χ2v) is 4.00. The van der Waals surface area contributed by atoms with E-state index in [1.807, 2.05) is 0 Å². The van der Waals surface area contributed by atoms with Gasteiger partial charge in [-0.2, -0.15) is 0 Å². The summed E-state index contributed by atoms with van der Waals surface area (Å²) < 4.78 is 0. The molecule has 0 unspecified atom stereocenters. The maximum absolute atomic E-state index is 10.6. The van der Waals surface area contributed by atoms with Crippen LogP contribution in [-0.2, 0) is 58.1 Å². The molecular formula is C10H24N2O12Zn2. The summed E-state index contributed by atoms with van der Waals surface area (Å²) in [6.07, 6.45) is 0. The average Bonchev–Trinajstić information content (AvgIpc) is 2.22. The van der Waals surface area contributed by atoms with Gasteiger partial charge in [-0.15, -0.1) is 0 Å². The molecule has 26 heavy (non-hydrogen) atoms. The predicted octanol–water partition coefficient (Wildman–Crippen LogP) is -5.37. The number of carbonyl (C=O) groups is 4. The molecular weight excluding hydrogens is 471 g/mol. The molecule has 0 aromatic heterocycles. The van der Waals surface area contributed by atoms with E-state index in [1.165, 1.54) is 0 Å². The van der Waals surface area contributed by atoms with Gasteiger partial charge in [-0.05, 0) is 0 Å². The van der Waals surface area contributed by atoms with Crippen LogP contribution in [0.5, 0.6) is 0 Å². The molecule has 0 amide bonds. The average molecular weight is 495 g/mol. The first-order valence-electron chi connectivity index (χ1n) is 5.52. The fraction of sp³-hybridized carbons (Fsp3) is 0.600. The summed E-state index contributed by atoms with van der Waals surface area (Å²) in [5, 5.41) is 34.5. The van der Waals surface area contributed by atoms with Gasteiger partial charge in [0.25, 0.3) is 0 Å². The molecule has 0 atom stereocenters. The maximum Gasteiger partial charge on any atom is 0.317 e. The molecule has 12 N–H and O–H groups in total. The van der Waals surface area contributed by atoms with Crippen molar-refractivity contribution >= 4 is 23.9 Å². The van der Waals surface area contributed by atoms with E-state index in [0.717, 1.165) is 9.80 Å². The summed E-state index contributed by atoms with van der Waals surface area (Å²) in [6, 6.07) is 0. The predicted molar refractivity (Wildman–Crippen MR) is 77.9 cm³/mol. The first kappa shape index (κ1) is 44.4. The monoisotopic (exact) mass is 492 g/mol. The van der Waals surface area contributed by atoms with E-state index in [4.69, 9.17) is 20.4 Å². The number of hydrogen-bond donors (Lipinski definition) is 4. The molecule has 0 saturated carbocycles. The van der Waals surface area contributed by atoms with Crippen LogP contribution in [0.15, 0.2) is 0 Å². The summed E-state index contributed by atoms with van der Waals surface area (Å²) >= 11 is 0. The van der Waals surface area contributed by atoms with Crippen molar-refractivity contribution in [3.05, 3.63) is 0 Å². The Morgan fingerprint density at radius 1 is 0.500 bits per heavy atom. The standard InChI is InChI=1S/C10H16N2O8.4H2O.2Zn/c13-7(14)3-11(4-8(15)16)1-2-12(5-9(17)18)6-10(19)20;;;;;;/h1-6H2,(H,13,14)(H,15,16)(H,17,18)(H,19,20);4*1H2;;. The van der Waals surface area contributed by atoms with Gasteiger partial charge >= 0.3 is 23.9 Å². The van der Waals surface area contributed by atoms with E-state index in [2.05, 4.69) is 0 Å². The summed E-state index contributed by atoms with van der Waals surface area (Å²) in [5.74, 6) is -4.91. The molecule has 0 spiro atoms. The molecule has 0 fully saturated rings. The van der Waals surface area contributed by atoms with Crippen molar-refractivity contribution in [3.63, 3.8) is 0 Å². The zero-order chi connectivity index (χ0) is 15.7. The summed E-state index contributed by atoms with van der Waals surface area (Å²) in [7, 11) is 0. The number of aliphatic carboxylic acids is 4. The van der Waals surface area contributed by atoms with Gasteiger partial charge in [0.1, 0.15) is 0 Å². The first-order valence-corrected chi connectivity index (χ1v) is 5.52. The number of nitrogens with zero attached hydrogens (tertiary/aromatic N) is 2. The van der Waals surface area contributed by atoms with Gasteiger partial charge in [0.2, 0.25) is 0 Å². The Bertz CT molecular complexity index is 330. The summed E-state index contributed by atoms with van der Waals surface area (Å²) in [5.41, 5.74) is 0. The van der Waals surface area contributed by atoms with Gasteiger partial charge in [0.15, 0.2) is 0 Å². The second kappa shape index (κ2) is 23.9. The van der Waals surface area contributed by atoms with Gasteiger partial charge in [0, 0.05) is 52.0 Å². The minimum atomic E-state index is -1.23. The van der Waals surface area contributed by atoms with Crippen molar-refractivity contribution in [2.75, 3.05) is 39.3 Å². The van der Waals surface area contributed by atoms with E-state index in [9.17, 15) is 19.2 Å². The molecule has 150 valence electrons. The number of hydrogen-bond acceptors (Lipinski definition) is 6. The first-order chi connectivity index (χ1) is 9.20. The van der Waals surface area contributed by atoms with Crippen molar-refractivity contribution in [2.45, 2.75) is 0 Å². The van der Waals surface area contributed by atoms with E-state index >= 15 is 0 Å². The van der Waals surface area contributed by atoms with Crippen LogP contribution in [0.3, 0.4) is 0 Å². The fourth-order valence-corrected chi connectivity index (χ4v) is 1.48. The van der Waals surface area contributed by atoms with E-state index in [-0.39, 0.29) is 74.0 Å². The second-order valence-electron chi connectivity index (χ2n) is 4.00. The van der Waals surface area contributed by atoms with Crippen LogP contribution in [0.1, 0.15) is 0 Å². The Labute approximate surface area is 173 Å². The molecule has 0 heterocycles. The van der Waals surface area contributed by atoms with Crippen LogP contribution < -0.4 is 0 Å². The zero-order valence-electron chi connectivity index (χ0n) is 14.0. The molecule has 0 bridgehead atoms. The Kier molecular flexibility index (Phi) is 40.8. The van der Waals surface area contributed by atoms with Crippen molar-refractivity contribution in [1.82, 2.24) is 9.80 Å². The molecule has 14 nitrogen and oxygen atoms in total. The molecule has 0 aliphatic heterocycles. The third-order valence-electron chi connectivity index (χ3n) is 2.17. The Morgan fingerprint density at radius 3 is 0.769 bits per heavy atom. The van der Waals surface area contributed by atoms with Gasteiger partial charge in [-0.3, -0.25) is 29.0 Å². The van der Waals surface area contributed by atoms with Crippen LogP contribution in [0.4, 0.5) is 0 Å². The van der Waals surface area contributed by atoms with E-state index < -0.39 is 50.1 Å². The van der Waals surface area contributed by atoms with Gasteiger partial charge < -0.3 is 42.3 Å². The Morgan fingerprint density at radius 2 is 0.654 bits per heavy atom. The van der Waals surface area contributed by atoms with Crippen molar-refractivity contribution in [3.8, 4) is 0 Å². The number of carboxylic acid groups (broad SMARTS) is 4. The molecule has 16 heteroatoms. The molecule has 0 aromatic carbocycles. The SMILES string of the molecule is O.O.O.O.O=C(O)CN(CCN(CC(=O)O)CC(=O)O)CC(=O)O.[Zn].[Zn]. The molecule has 0 radical (unpaired) electrons. The molecule has 0 rings (SSSR count). The third-order valence-corrected chi connectivity index (χ3v) is 2.17. The van der Waals surface area contributed by atoms with Gasteiger partial charge in [0.05, 0.1) is 26.2 Å². The topological polar surface area (TPSA) is 282 Å². The Balaban J connectivity index is -0.000000120. The number of carboxylic acids is 4. The molecule has 0 aliphatic carbocycles. The van der Waals surface area contributed by atoms with Crippen LogP contribution in [0, 0.1) is 0 Å². The molecule has 0 aliphatic rings. The van der Waals surface area contributed by atoms with Crippen molar-refractivity contribution in [1.29, 1.82) is 0 Å². The van der Waals surface area contributed by atoms with Crippen molar-refractivity contribution in [2.24, 2.45) is 0 Å². The molecule has 0 saturated heterocycles. The van der Waals surface area contributed by atoms with E-state index in [1.54, 1.807) is 0 Å². The van der Waals surface area contributed by atoms with Crippen LogP contribution >= 0.6 is 0 Å². The molecule has 0 aromatic rings. The largest absolute Gasteiger partial charge is 0.480 e.